The van der Waals surface area contributed by atoms with Crippen LogP contribution in [0.1, 0.15) is 63.9 Å². The van der Waals surface area contributed by atoms with Crippen molar-refractivity contribution in [3.8, 4) is 0 Å². The van der Waals surface area contributed by atoms with E-state index in [0.717, 1.165) is 51.8 Å². The van der Waals surface area contributed by atoms with Crippen LogP contribution in [0.15, 0.2) is 60.7 Å². The van der Waals surface area contributed by atoms with Gasteiger partial charge in [-0.25, -0.2) is 4.98 Å². The first kappa shape index (κ1) is 21.9. The minimum absolute atomic E-state index is 0.00335. The molecule has 176 valence electrons. The molecule has 35 heavy (non-hydrogen) atoms. The first-order valence-electron chi connectivity index (χ1n) is 12.1. The molecular weight excluding hydrogens is 458 g/mol. The molecule has 1 aromatic heterocycles. The topological polar surface area (TPSA) is 70.6 Å². The number of carbonyl (C=O) groups is 3. The van der Waals surface area contributed by atoms with Crippen LogP contribution in [-0.2, 0) is 4.79 Å². The van der Waals surface area contributed by atoms with Gasteiger partial charge >= 0.3 is 0 Å². The molecule has 0 radical (unpaired) electrons. The fourth-order valence-corrected chi connectivity index (χ4v) is 6.45. The average Bonchev–Trinajstić information content (AvgIpc) is 3.33. The highest BCUT2D eigenvalue weighted by molar-refractivity contribution is 7.18. The van der Waals surface area contributed by atoms with E-state index in [-0.39, 0.29) is 30.3 Å². The molecule has 0 bridgehead atoms. The molecule has 0 spiro atoms. The first-order chi connectivity index (χ1) is 17.1. The summed E-state index contributed by atoms with van der Waals surface area (Å²) in [5, 5.41) is 2.61. The number of benzene rings is 3. The Balaban J connectivity index is 1.16. The highest BCUT2D eigenvalue weighted by Crippen LogP contribution is 2.36. The molecule has 3 heterocycles. The second-order valence-corrected chi connectivity index (χ2v) is 10.3. The summed E-state index contributed by atoms with van der Waals surface area (Å²) in [7, 11) is 0. The molecule has 4 aromatic rings. The molecule has 1 saturated heterocycles. The van der Waals surface area contributed by atoms with Gasteiger partial charge in [0.1, 0.15) is 5.01 Å². The van der Waals surface area contributed by atoms with Crippen molar-refractivity contribution in [1.82, 2.24) is 14.8 Å². The highest BCUT2D eigenvalue weighted by Gasteiger charge is 2.33. The largest absolute Gasteiger partial charge is 0.333 e. The maximum absolute atomic E-state index is 13.3. The lowest BCUT2D eigenvalue weighted by Gasteiger charge is -2.35. The van der Waals surface area contributed by atoms with Crippen molar-refractivity contribution in [2.75, 3.05) is 13.1 Å². The van der Waals surface area contributed by atoms with E-state index in [1.807, 2.05) is 47.4 Å². The van der Waals surface area contributed by atoms with Crippen molar-refractivity contribution in [3.05, 3.63) is 76.8 Å². The van der Waals surface area contributed by atoms with Crippen LogP contribution in [-0.4, -0.2) is 45.6 Å². The van der Waals surface area contributed by atoms with Gasteiger partial charge < -0.3 is 4.90 Å². The van der Waals surface area contributed by atoms with Gasteiger partial charge in [-0.15, -0.1) is 11.3 Å². The van der Waals surface area contributed by atoms with Gasteiger partial charge in [0, 0.05) is 36.0 Å². The number of piperidine rings is 1. The minimum Gasteiger partial charge on any atom is -0.333 e. The molecule has 1 unspecified atom stereocenters. The van der Waals surface area contributed by atoms with Crippen LogP contribution in [0.2, 0.25) is 0 Å². The van der Waals surface area contributed by atoms with Gasteiger partial charge in [-0.1, -0.05) is 36.4 Å². The van der Waals surface area contributed by atoms with Gasteiger partial charge in [0.05, 0.1) is 16.3 Å². The van der Waals surface area contributed by atoms with E-state index in [1.54, 1.807) is 23.5 Å². The number of aromatic nitrogens is 1. The van der Waals surface area contributed by atoms with Crippen LogP contribution in [0.4, 0.5) is 0 Å². The molecule has 0 saturated carbocycles. The number of fused-ring (bicyclic) bond motifs is 1. The molecule has 1 fully saturated rings. The van der Waals surface area contributed by atoms with Crippen LogP contribution in [0.25, 0.3) is 21.0 Å². The van der Waals surface area contributed by atoms with Gasteiger partial charge in [-0.3, -0.25) is 19.3 Å². The number of carbonyl (C=O) groups excluding carboxylic acids is 3. The van der Waals surface area contributed by atoms with E-state index in [9.17, 15) is 14.4 Å². The smallest absolute Gasteiger partial charge is 0.261 e. The molecule has 1 atom stereocenters. The zero-order valence-corrected chi connectivity index (χ0v) is 20.1. The lowest BCUT2D eigenvalue weighted by molar-refractivity contribution is -0.135. The number of likely N-dealkylation sites (tertiary alicyclic amines) is 1. The van der Waals surface area contributed by atoms with Crippen molar-refractivity contribution in [2.24, 2.45) is 0 Å². The summed E-state index contributed by atoms with van der Waals surface area (Å²) in [6.07, 6.45) is 3.71. The minimum atomic E-state index is -0.280. The number of imide groups is 1. The monoisotopic (exact) mass is 483 g/mol. The summed E-state index contributed by atoms with van der Waals surface area (Å²) in [4.78, 5) is 47.6. The Morgan fingerprint density at radius 3 is 2.43 bits per heavy atom. The number of hydrogen-bond donors (Lipinski definition) is 0. The van der Waals surface area contributed by atoms with E-state index in [4.69, 9.17) is 4.98 Å². The van der Waals surface area contributed by atoms with Gasteiger partial charge in [0.15, 0.2) is 0 Å². The maximum Gasteiger partial charge on any atom is 0.261 e. The molecule has 3 aromatic carbocycles. The van der Waals surface area contributed by atoms with Gasteiger partial charge in [-0.05, 0) is 55.3 Å². The van der Waals surface area contributed by atoms with Gasteiger partial charge in [-0.2, -0.15) is 0 Å². The zero-order chi connectivity index (χ0) is 23.9. The standard InChI is InChI=1S/C28H25N3O3S/c32-24(30-16-4-3-13-22(30)26-29-21-12-1-2-14-23(21)35-26)15-7-17-31-27(33)19-10-5-8-18-9-6-11-20(25(18)19)28(31)34/h1-2,5-6,8-12,14,22H,3-4,7,13,15-17H2. The lowest BCUT2D eigenvalue weighted by Crippen LogP contribution is -2.42. The number of hydrogen-bond acceptors (Lipinski definition) is 5. The Kier molecular flexibility index (Phi) is 5.57. The molecule has 6 nitrogen and oxygen atoms in total. The Hall–Kier alpha value is -3.58. The van der Waals surface area contributed by atoms with Crippen LogP contribution < -0.4 is 0 Å². The Morgan fingerprint density at radius 1 is 0.943 bits per heavy atom. The van der Waals surface area contributed by atoms with Crippen LogP contribution in [0.3, 0.4) is 0 Å². The summed E-state index contributed by atoms with van der Waals surface area (Å²) in [5.74, 6) is -0.498. The fourth-order valence-electron chi connectivity index (χ4n) is 5.33. The molecule has 3 amide bonds. The predicted octanol–water partition coefficient (Wildman–Crippen LogP) is 5.58. The average molecular weight is 484 g/mol. The zero-order valence-electron chi connectivity index (χ0n) is 19.3. The molecule has 0 aliphatic carbocycles. The molecule has 7 heteroatoms. The summed E-state index contributed by atoms with van der Waals surface area (Å²) >= 11 is 1.66. The molecule has 6 rings (SSSR count). The van der Waals surface area contributed by atoms with Crippen LogP contribution in [0, 0.1) is 0 Å². The van der Waals surface area contributed by atoms with E-state index in [1.165, 1.54) is 4.90 Å². The number of amides is 3. The quantitative estimate of drug-likeness (QED) is 0.348. The molecule has 2 aliphatic heterocycles. The fraction of sp³-hybridized carbons (Fsp3) is 0.286. The number of para-hydroxylation sites is 1. The van der Waals surface area contributed by atoms with Crippen molar-refractivity contribution in [3.63, 3.8) is 0 Å². The number of rotatable bonds is 5. The summed E-state index contributed by atoms with van der Waals surface area (Å²) in [6, 6.07) is 19.1. The second kappa shape index (κ2) is 8.89. The third-order valence-corrected chi connectivity index (χ3v) is 8.18. The van der Waals surface area contributed by atoms with Crippen molar-refractivity contribution in [1.29, 1.82) is 0 Å². The summed E-state index contributed by atoms with van der Waals surface area (Å²) in [5.41, 5.74) is 2.08. The second-order valence-electron chi connectivity index (χ2n) is 9.19. The summed E-state index contributed by atoms with van der Waals surface area (Å²) < 4.78 is 1.14. The van der Waals surface area contributed by atoms with Crippen molar-refractivity contribution in [2.45, 2.75) is 38.1 Å². The van der Waals surface area contributed by atoms with Gasteiger partial charge in [0.2, 0.25) is 5.91 Å². The molecule has 0 N–H and O–H groups in total. The van der Waals surface area contributed by atoms with Gasteiger partial charge in [0.25, 0.3) is 11.8 Å². The maximum atomic E-state index is 13.3. The van der Waals surface area contributed by atoms with E-state index in [2.05, 4.69) is 6.07 Å². The Bertz CT molecular complexity index is 1390. The van der Waals surface area contributed by atoms with E-state index < -0.39 is 0 Å². The highest BCUT2D eigenvalue weighted by atomic mass is 32.1. The van der Waals surface area contributed by atoms with E-state index in [0.29, 0.717) is 24.0 Å². The van der Waals surface area contributed by atoms with Crippen LogP contribution in [0.5, 0.6) is 0 Å². The SMILES string of the molecule is O=C1c2cccc3cccc(c23)C(=O)N1CCCC(=O)N1CCCCC1c1nc2ccccc2s1. The third-order valence-electron chi connectivity index (χ3n) is 7.05. The van der Waals surface area contributed by atoms with Crippen LogP contribution >= 0.6 is 11.3 Å². The van der Waals surface area contributed by atoms with Crippen molar-refractivity contribution < 1.29 is 14.4 Å². The Morgan fingerprint density at radius 2 is 1.69 bits per heavy atom. The normalized spacial score (nSPS) is 18.0. The number of thiazole rings is 1. The molecular formula is C28H25N3O3S. The number of nitrogens with zero attached hydrogens (tertiary/aromatic N) is 3. The third kappa shape index (κ3) is 3.80. The predicted molar refractivity (Wildman–Crippen MR) is 136 cm³/mol. The Labute approximate surface area is 207 Å². The van der Waals surface area contributed by atoms with Crippen molar-refractivity contribution >= 4 is 50.0 Å². The summed E-state index contributed by atoms with van der Waals surface area (Å²) in [6.45, 7) is 0.949. The lowest BCUT2D eigenvalue weighted by atomic mass is 9.94. The first-order valence-corrected chi connectivity index (χ1v) is 13.0. The van der Waals surface area contributed by atoms with E-state index >= 15 is 0 Å². The molecule has 2 aliphatic rings.